The minimum Gasteiger partial charge on any atom is -0.346 e. The van der Waals surface area contributed by atoms with Crippen LogP contribution in [0.3, 0.4) is 0 Å². The van der Waals surface area contributed by atoms with Crippen LogP contribution in [-0.4, -0.2) is 66.8 Å². The van der Waals surface area contributed by atoms with Gasteiger partial charge in [0.25, 0.3) is 5.91 Å². The first-order valence-corrected chi connectivity index (χ1v) is 10.1. The Morgan fingerprint density at radius 2 is 1.56 bits per heavy atom. The van der Waals surface area contributed by atoms with Crippen LogP contribution in [0.4, 0.5) is 18.9 Å². The van der Waals surface area contributed by atoms with E-state index in [2.05, 4.69) is 10.6 Å². The van der Waals surface area contributed by atoms with E-state index < -0.39 is 35.2 Å². The second-order valence-corrected chi connectivity index (χ2v) is 7.58. The molecule has 2 aromatic carbocycles. The lowest BCUT2D eigenvalue weighted by atomic mass is 10.1. The SMILES string of the molecule is O=C(CN1CCN(C(=O)c2cc(Cl)ccc2F)CC1)NCC(=O)Nc1ccc(F)c(F)c1. The van der Waals surface area contributed by atoms with Gasteiger partial charge in [-0.05, 0) is 30.3 Å². The molecule has 0 aliphatic carbocycles. The van der Waals surface area contributed by atoms with E-state index in [1.807, 2.05) is 0 Å². The number of hydrogen-bond donors (Lipinski definition) is 2. The predicted molar refractivity (Wildman–Crippen MR) is 112 cm³/mol. The zero-order valence-corrected chi connectivity index (χ0v) is 17.6. The molecule has 0 saturated carbocycles. The summed E-state index contributed by atoms with van der Waals surface area (Å²) in [5.41, 5.74) is -0.0316. The first kappa shape index (κ1) is 23.6. The van der Waals surface area contributed by atoms with Gasteiger partial charge in [0.2, 0.25) is 11.8 Å². The van der Waals surface area contributed by atoms with Gasteiger partial charge in [0.1, 0.15) is 5.82 Å². The monoisotopic (exact) mass is 468 g/mol. The Hall–Kier alpha value is -3.11. The van der Waals surface area contributed by atoms with Gasteiger partial charge in [-0.2, -0.15) is 0 Å². The van der Waals surface area contributed by atoms with E-state index in [0.717, 1.165) is 18.2 Å². The normalized spacial score (nSPS) is 14.2. The van der Waals surface area contributed by atoms with Crippen LogP contribution in [0.5, 0.6) is 0 Å². The van der Waals surface area contributed by atoms with Gasteiger partial charge in [0.15, 0.2) is 11.6 Å². The molecule has 170 valence electrons. The standard InChI is InChI=1S/C21H20ClF3N4O3/c22-13-1-3-16(23)15(9-13)21(32)29-7-5-28(6-8-29)12-20(31)26-11-19(30)27-14-2-4-17(24)18(25)10-14/h1-4,9-10H,5-8,11-12H2,(H,26,31)(H,27,30). The number of benzene rings is 2. The molecule has 32 heavy (non-hydrogen) atoms. The van der Waals surface area contributed by atoms with Crippen molar-refractivity contribution in [2.75, 3.05) is 44.6 Å². The van der Waals surface area contributed by atoms with Crippen LogP contribution in [0.1, 0.15) is 10.4 Å². The van der Waals surface area contributed by atoms with Crippen molar-refractivity contribution in [3.63, 3.8) is 0 Å². The van der Waals surface area contributed by atoms with Crippen molar-refractivity contribution in [3.8, 4) is 0 Å². The van der Waals surface area contributed by atoms with E-state index in [1.165, 1.54) is 23.1 Å². The molecule has 0 radical (unpaired) electrons. The Labute approximate surface area is 187 Å². The molecule has 0 unspecified atom stereocenters. The molecule has 0 aromatic heterocycles. The van der Waals surface area contributed by atoms with Gasteiger partial charge in [0.05, 0.1) is 18.7 Å². The molecule has 2 N–H and O–H groups in total. The Balaban J connectivity index is 1.41. The Morgan fingerprint density at radius 1 is 0.875 bits per heavy atom. The molecule has 3 rings (SSSR count). The Bertz CT molecular complexity index is 1030. The highest BCUT2D eigenvalue weighted by atomic mass is 35.5. The molecule has 1 aliphatic rings. The van der Waals surface area contributed by atoms with E-state index >= 15 is 0 Å². The maximum atomic E-state index is 13.9. The largest absolute Gasteiger partial charge is 0.346 e. The number of halogens is 4. The van der Waals surface area contributed by atoms with Crippen LogP contribution in [0.15, 0.2) is 36.4 Å². The van der Waals surface area contributed by atoms with Gasteiger partial charge < -0.3 is 15.5 Å². The van der Waals surface area contributed by atoms with Crippen LogP contribution >= 0.6 is 11.6 Å². The van der Waals surface area contributed by atoms with Gasteiger partial charge in [-0.3, -0.25) is 19.3 Å². The summed E-state index contributed by atoms with van der Waals surface area (Å²) >= 11 is 5.84. The number of hydrogen-bond acceptors (Lipinski definition) is 4. The predicted octanol–water partition coefficient (Wildman–Crippen LogP) is 2.27. The highest BCUT2D eigenvalue weighted by Crippen LogP contribution is 2.18. The number of carbonyl (C=O) groups excluding carboxylic acids is 3. The summed E-state index contributed by atoms with van der Waals surface area (Å²) in [6, 6.07) is 6.71. The molecule has 1 aliphatic heterocycles. The van der Waals surface area contributed by atoms with Crippen LogP contribution in [0, 0.1) is 17.5 Å². The molecule has 7 nitrogen and oxygen atoms in total. The lowest BCUT2D eigenvalue weighted by Crippen LogP contribution is -2.51. The number of rotatable bonds is 6. The summed E-state index contributed by atoms with van der Waals surface area (Å²) in [5, 5.41) is 5.06. The third kappa shape index (κ3) is 6.21. The maximum Gasteiger partial charge on any atom is 0.256 e. The summed E-state index contributed by atoms with van der Waals surface area (Å²) in [5.74, 6) is -4.25. The summed E-state index contributed by atoms with van der Waals surface area (Å²) < 4.78 is 40.0. The molecular formula is C21H20ClF3N4O3. The maximum absolute atomic E-state index is 13.9. The lowest BCUT2D eigenvalue weighted by Gasteiger charge is -2.34. The van der Waals surface area contributed by atoms with Crippen LogP contribution < -0.4 is 10.6 Å². The van der Waals surface area contributed by atoms with Crippen LogP contribution in [-0.2, 0) is 9.59 Å². The summed E-state index contributed by atoms with van der Waals surface area (Å²) in [4.78, 5) is 39.8. The third-order valence-electron chi connectivity index (χ3n) is 4.84. The van der Waals surface area contributed by atoms with Gasteiger partial charge in [-0.15, -0.1) is 0 Å². The lowest BCUT2D eigenvalue weighted by molar-refractivity contribution is -0.125. The van der Waals surface area contributed by atoms with E-state index in [1.54, 1.807) is 4.90 Å². The van der Waals surface area contributed by atoms with E-state index in [4.69, 9.17) is 11.6 Å². The average molecular weight is 469 g/mol. The number of nitrogens with zero attached hydrogens (tertiary/aromatic N) is 2. The Morgan fingerprint density at radius 3 is 2.25 bits per heavy atom. The van der Waals surface area contributed by atoms with Gasteiger partial charge in [-0.1, -0.05) is 11.6 Å². The molecule has 0 spiro atoms. The fourth-order valence-electron chi connectivity index (χ4n) is 3.16. The highest BCUT2D eigenvalue weighted by molar-refractivity contribution is 6.31. The fraction of sp³-hybridized carbons (Fsp3) is 0.286. The smallest absolute Gasteiger partial charge is 0.256 e. The molecule has 1 heterocycles. The topological polar surface area (TPSA) is 81.8 Å². The summed E-state index contributed by atoms with van der Waals surface area (Å²) in [6.07, 6.45) is 0. The molecule has 1 saturated heterocycles. The zero-order valence-electron chi connectivity index (χ0n) is 16.8. The van der Waals surface area contributed by atoms with Crippen LogP contribution in [0.25, 0.3) is 0 Å². The van der Waals surface area contributed by atoms with E-state index in [-0.39, 0.29) is 29.4 Å². The van der Waals surface area contributed by atoms with Crippen LogP contribution in [0.2, 0.25) is 5.02 Å². The van der Waals surface area contributed by atoms with Crippen molar-refractivity contribution in [2.45, 2.75) is 0 Å². The van der Waals surface area contributed by atoms with Gasteiger partial charge in [-0.25, -0.2) is 13.2 Å². The van der Waals surface area contributed by atoms with Crippen molar-refractivity contribution in [1.82, 2.24) is 15.1 Å². The van der Waals surface area contributed by atoms with Gasteiger partial charge in [0, 0.05) is 43.0 Å². The second kappa shape index (κ2) is 10.5. The molecule has 1 fully saturated rings. The number of piperazine rings is 1. The average Bonchev–Trinajstić information content (AvgIpc) is 2.76. The summed E-state index contributed by atoms with van der Waals surface area (Å²) in [6.45, 7) is 1.05. The molecule has 0 bridgehead atoms. The van der Waals surface area contributed by atoms with Crippen molar-refractivity contribution >= 4 is 35.0 Å². The molecular weight excluding hydrogens is 449 g/mol. The quantitative estimate of drug-likeness (QED) is 0.681. The molecule has 2 aromatic rings. The van der Waals surface area contributed by atoms with Crippen molar-refractivity contribution in [3.05, 3.63) is 64.4 Å². The van der Waals surface area contributed by atoms with Crippen molar-refractivity contribution in [1.29, 1.82) is 0 Å². The second-order valence-electron chi connectivity index (χ2n) is 7.15. The number of carbonyl (C=O) groups is 3. The molecule has 0 atom stereocenters. The minimum atomic E-state index is -1.09. The molecule has 3 amide bonds. The fourth-order valence-corrected chi connectivity index (χ4v) is 3.33. The summed E-state index contributed by atoms with van der Waals surface area (Å²) in [7, 11) is 0. The number of anilines is 1. The minimum absolute atomic E-state index is 0.00597. The third-order valence-corrected chi connectivity index (χ3v) is 5.07. The van der Waals surface area contributed by atoms with E-state index in [9.17, 15) is 27.6 Å². The first-order valence-electron chi connectivity index (χ1n) is 9.71. The van der Waals surface area contributed by atoms with E-state index in [0.29, 0.717) is 26.2 Å². The molecule has 11 heteroatoms. The van der Waals surface area contributed by atoms with Gasteiger partial charge >= 0.3 is 0 Å². The Kier molecular flexibility index (Phi) is 7.70. The highest BCUT2D eigenvalue weighted by Gasteiger charge is 2.25. The van der Waals surface area contributed by atoms with Crippen molar-refractivity contribution in [2.24, 2.45) is 0 Å². The zero-order chi connectivity index (χ0) is 23.3. The first-order chi connectivity index (χ1) is 15.2. The number of nitrogens with one attached hydrogen (secondary N) is 2. The van der Waals surface area contributed by atoms with Crippen molar-refractivity contribution < 1.29 is 27.6 Å². The number of amides is 3.